The molecule has 0 spiro atoms. The van der Waals surface area contributed by atoms with Crippen molar-refractivity contribution in [2.24, 2.45) is 0 Å². The fourth-order valence-electron chi connectivity index (χ4n) is 0.796. The van der Waals surface area contributed by atoms with E-state index in [4.69, 9.17) is 11.6 Å². The van der Waals surface area contributed by atoms with Crippen molar-refractivity contribution in [2.45, 2.75) is 6.10 Å². The van der Waals surface area contributed by atoms with Gasteiger partial charge in [-0.15, -0.1) is 6.58 Å². The number of halogens is 1. The van der Waals surface area contributed by atoms with E-state index in [1.165, 1.54) is 6.08 Å². The molecule has 0 saturated carbocycles. The van der Waals surface area contributed by atoms with Gasteiger partial charge in [0.1, 0.15) is 0 Å². The Balaban J connectivity index is 2.89. The van der Waals surface area contributed by atoms with E-state index in [1.807, 2.05) is 0 Å². The molecule has 0 amide bonds. The Morgan fingerprint density at radius 1 is 1.36 bits per heavy atom. The summed E-state index contributed by atoms with van der Waals surface area (Å²) >= 11 is 5.65. The third-order valence-corrected chi connectivity index (χ3v) is 1.69. The number of hydrogen-bond acceptors (Lipinski definition) is 1. The van der Waals surface area contributed by atoms with Crippen LogP contribution in [0.25, 0.3) is 0 Å². The Bertz CT molecular complexity index is 240. The third kappa shape index (κ3) is 2.07. The van der Waals surface area contributed by atoms with Crippen LogP contribution in [0, 0.1) is 0 Å². The molecular formula is C9H9ClO. The van der Waals surface area contributed by atoms with Crippen molar-refractivity contribution in [2.75, 3.05) is 0 Å². The molecule has 1 rings (SSSR count). The molecule has 0 aromatic heterocycles. The van der Waals surface area contributed by atoms with Gasteiger partial charge in [0, 0.05) is 5.02 Å². The zero-order valence-corrected chi connectivity index (χ0v) is 6.75. The Morgan fingerprint density at radius 2 is 1.91 bits per heavy atom. The Hall–Kier alpha value is -0.790. The van der Waals surface area contributed by atoms with Crippen LogP contribution in [0.5, 0.6) is 0 Å². The molecule has 1 atom stereocenters. The lowest BCUT2D eigenvalue weighted by molar-refractivity contribution is 0.229. The van der Waals surface area contributed by atoms with E-state index >= 15 is 0 Å². The molecule has 0 aliphatic carbocycles. The highest BCUT2D eigenvalue weighted by molar-refractivity contribution is 6.30. The predicted octanol–water partition coefficient (Wildman–Crippen LogP) is 2.56. The summed E-state index contributed by atoms with van der Waals surface area (Å²) < 4.78 is 0. The second-order valence-electron chi connectivity index (χ2n) is 2.23. The van der Waals surface area contributed by atoms with Gasteiger partial charge in [0.25, 0.3) is 0 Å². The van der Waals surface area contributed by atoms with E-state index in [9.17, 15) is 5.11 Å². The van der Waals surface area contributed by atoms with Gasteiger partial charge in [-0.2, -0.15) is 0 Å². The highest BCUT2D eigenvalue weighted by atomic mass is 35.5. The number of aliphatic hydroxyl groups is 1. The van der Waals surface area contributed by atoms with Crippen LogP contribution >= 0.6 is 11.6 Å². The summed E-state index contributed by atoms with van der Waals surface area (Å²) in [4.78, 5) is 0. The maximum Gasteiger partial charge on any atom is 0.0969 e. The van der Waals surface area contributed by atoms with Crippen molar-refractivity contribution in [3.05, 3.63) is 47.5 Å². The molecule has 11 heavy (non-hydrogen) atoms. The topological polar surface area (TPSA) is 20.2 Å². The van der Waals surface area contributed by atoms with Crippen molar-refractivity contribution >= 4 is 11.6 Å². The highest BCUT2D eigenvalue weighted by Gasteiger charge is 2.00. The molecule has 58 valence electrons. The lowest BCUT2D eigenvalue weighted by Gasteiger charge is -2.03. The first-order valence-corrected chi connectivity index (χ1v) is 3.68. The van der Waals surface area contributed by atoms with Crippen molar-refractivity contribution < 1.29 is 5.11 Å². The average molecular weight is 169 g/mol. The normalized spacial score (nSPS) is 12.5. The van der Waals surface area contributed by atoms with E-state index in [0.717, 1.165) is 5.56 Å². The van der Waals surface area contributed by atoms with E-state index in [1.54, 1.807) is 24.3 Å². The van der Waals surface area contributed by atoms with Crippen LogP contribution in [-0.4, -0.2) is 5.11 Å². The monoisotopic (exact) mass is 168 g/mol. The summed E-state index contributed by atoms with van der Waals surface area (Å²) in [5.41, 5.74) is 0.810. The van der Waals surface area contributed by atoms with E-state index in [0.29, 0.717) is 5.02 Å². The molecule has 1 aromatic rings. The van der Waals surface area contributed by atoms with Gasteiger partial charge in [-0.05, 0) is 17.7 Å². The van der Waals surface area contributed by atoms with Gasteiger partial charge in [0.05, 0.1) is 6.10 Å². The molecule has 0 radical (unpaired) electrons. The quantitative estimate of drug-likeness (QED) is 0.673. The molecule has 1 nitrogen and oxygen atoms in total. The molecule has 0 fully saturated rings. The minimum absolute atomic E-state index is 0.590. The molecule has 0 saturated heterocycles. The minimum atomic E-state index is -0.590. The first-order valence-electron chi connectivity index (χ1n) is 3.30. The number of benzene rings is 1. The Kier molecular flexibility index (Phi) is 2.69. The van der Waals surface area contributed by atoms with Gasteiger partial charge in [-0.3, -0.25) is 0 Å². The van der Waals surface area contributed by atoms with E-state index in [-0.39, 0.29) is 0 Å². The number of rotatable bonds is 2. The zero-order valence-electron chi connectivity index (χ0n) is 6.00. The third-order valence-electron chi connectivity index (χ3n) is 1.43. The molecule has 0 heterocycles. The van der Waals surface area contributed by atoms with Crippen LogP contribution in [0.4, 0.5) is 0 Å². The second-order valence-corrected chi connectivity index (χ2v) is 2.67. The largest absolute Gasteiger partial charge is 0.384 e. The SMILES string of the molecule is C=C[C@@H](O)c1ccc(Cl)cc1. The summed E-state index contributed by atoms with van der Waals surface area (Å²) in [7, 11) is 0. The highest BCUT2D eigenvalue weighted by Crippen LogP contribution is 2.16. The smallest absolute Gasteiger partial charge is 0.0969 e. The van der Waals surface area contributed by atoms with Crippen molar-refractivity contribution in [3.8, 4) is 0 Å². The first kappa shape index (κ1) is 8.31. The molecular weight excluding hydrogens is 160 g/mol. The second kappa shape index (κ2) is 3.56. The first-order chi connectivity index (χ1) is 5.24. The van der Waals surface area contributed by atoms with Crippen LogP contribution in [0.3, 0.4) is 0 Å². The number of hydrogen-bond donors (Lipinski definition) is 1. The molecule has 0 aliphatic rings. The lowest BCUT2D eigenvalue weighted by atomic mass is 10.1. The van der Waals surface area contributed by atoms with Gasteiger partial charge >= 0.3 is 0 Å². The van der Waals surface area contributed by atoms with Gasteiger partial charge in [-0.25, -0.2) is 0 Å². The van der Waals surface area contributed by atoms with E-state index in [2.05, 4.69) is 6.58 Å². The maximum absolute atomic E-state index is 9.26. The van der Waals surface area contributed by atoms with Gasteiger partial charge in [0.2, 0.25) is 0 Å². The summed E-state index contributed by atoms with van der Waals surface area (Å²) in [6.07, 6.45) is 0.885. The van der Waals surface area contributed by atoms with Gasteiger partial charge < -0.3 is 5.11 Å². The van der Waals surface area contributed by atoms with Crippen LogP contribution in [0.15, 0.2) is 36.9 Å². The van der Waals surface area contributed by atoms with Crippen LogP contribution < -0.4 is 0 Å². The molecule has 2 heteroatoms. The van der Waals surface area contributed by atoms with Crippen LogP contribution in [-0.2, 0) is 0 Å². The van der Waals surface area contributed by atoms with E-state index < -0.39 is 6.10 Å². The van der Waals surface area contributed by atoms with Crippen molar-refractivity contribution in [1.29, 1.82) is 0 Å². The number of aliphatic hydroxyl groups excluding tert-OH is 1. The molecule has 0 unspecified atom stereocenters. The maximum atomic E-state index is 9.26. The fourth-order valence-corrected chi connectivity index (χ4v) is 0.922. The standard InChI is InChI=1S/C9H9ClO/c1-2-9(11)7-3-5-8(10)6-4-7/h2-6,9,11H,1H2/t9-/m1/s1. The predicted molar refractivity (Wildman–Crippen MR) is 46.6 cm³/mol. The summed E-state index contributed by atoms with van der Waals surface area (Å²) in [6.45, 7) is 3.48. The fraction of sp³-hybridized carbons (Fsp3) is 0.111. The molecule has 1 N–H and O–H groups in total. The Labute approximate surface area is 70.9 Å². The summed E-state index contributed by atoms with van der Waals surface area (Å²) in [6, 6.07) is 7.02. The summed E-state index contributed by atoms with van der Waals surface area (Å²) in [5.74, 6) is 0. The van der Waals surface area contributed by atoms with Gasteiger partial charge in [-0.1, -0.05) is 29.8 Å². The molecule has 1 aromatic carbocycles. The minimum Gasteiger partial charge on any atom is -0.384 e. The molecule has 0 aliphatic heterocycles. The summed E-state index contributed by atoms with van der Waals surface area (Å²) in [5, 5.41) is 9.93. The van der Waals surface area contributed by atoms with Gasteiger partial charge in [0.15, 0.2) is 0 Å². The molecule has 0 bridgehead atoms. The lowest BCUT2D eigenvalue weighted by Crippen LogP contribution is -1.90. The Morgan fingerprint density at radius 3 is 2.36 bits per heavy atom. The van der Waals surface area contributed by atoms with Crippen molar-refractivity contribution in [1.82, 2.24) is 0 Å². The average Bonchev–Trinajstić information content (AvgIpc) is 2.05. The zero-order chi connectivity index (χ0) is 8.27. The van der Waals surface area contributed by atoms with Crippen LogP contribution in [0.2, 0.25) is 5.02 Å². The van der Waals surface area contributed by atoms with Crippen molar-refractivity contribution in [3.63, 3.8) is 0 Å². The van der Waals surface area contributed by atoms with Crippen LogP contribution in [0.1, 0.15) is 11.7 Å².